The Morgan fingerprint density at radius 2 is 1.81 bits per heavy atom. The fraction of sp³-hybridized carbons (Fsp3) is 0.333. The summed E-state index contributed by atoms with van der Waals surface area (Å²) in [6.07, 6.45) is 4.34. The SMILES string of the molecule is Cc1ccc(Cl)cc1NCC(=O)Nc1ccccc1C(=O)NC1CCCC1. The average molecular weight is 386 g/mol. The molecule has 6 heteroatoms. The van der Waals surface area contributed by atoms with Crippen molar-refractivity contribution in [1.29, 1.82) is 0 Å². The van der Waals surface area contributed by atoms with Crippen LogP contribution in [0.25, 0.3) is 0 Å². The molecule has 2 aromatic carbocycles. The van der Waals surface area contributed by atoms with E-state index in [2.05, 4.69) is 16.0 Å². The highest BCUT2D eigenvalue weighted by Crippen LogP contribution is 2.21. The van der Waals surface area contributed by atoms with Crippen LogP contribution in [0.15, 0.2) is 42.5 Å². The quantitative estimate of drug-likeness (QED) is 0.691. The Kier molecular flexibility index (Phi) is 6.35. The summed E-state index contributed by atoms with van der Waals surface area (Å²) < 4.78 is 0. The van der Waals surface area contributed by atoms with Gasteiger partial charge in [0.25, 0.3) is 5.91 Å². The summed E-state index contributed by atoms with van der Waals surface area (Å²) in [7, 11) is 0. The number of carbonyl (C=O) groups is 2. The van der Waals surface area contributed by atoms with Gasteiger partial charge in [0.2, 0.25) is 5.91 Å². The van der Waals surface area contributed by atoms with E-state index in [1.165, 1.54) is 0 Å². The Bertz CT molecular complexity index is 832. The van der Waals surface area contributed by atoms with Crippen LogP contribution < -0.4 is 16.0 Å². The van der Waals surface area contributed by atoms with Gasteiger partial charge in [-0.2, -0.15) is 0 Å². The Balaban J connectivity index is 1.62. The normalized spacial score (nSPS) is 14.0. The number of amides is 2. The maximum absolute atomic E-state index is 12.6. The first kappa shape index (κ1) is 19.2. The third-order valence-electron chi connectivity index (χ3n) is 4.78. The summed E-state index contributed by atoms with van der Waals surface area (Å²) in [5.41, 5.74) is 2.81. The molecular weight excluding hydrogens is 362 g/mol. The van der Waals surface area contributed by atoms with Crippen molar-refractivity contribution in [2.45, 2.75) is 38.6 Å². The van der Waals surface area contributed by atoms with E-state index in [-0.39, 0.29) is 24.4 Å². The highest BCUT2D eigenvalue weighted by molar-refractivity contribution is 6.30. The Hall–Kier alpha value is -2.53. The smallest absolute Gasteiger partial charge is 0.253 e. The molecule has 0 aromatic heterocycles. The molecular formula is C21H24ClN3O2. The van der Waals surface area contributed by atoms with Gasteiger partial charge >= 0.3 is 0 Å². The van der Waals surface area contributed by atoms with Crippen molar-refractivity contribution in [2.75, 3.05) is 17.2 Å². The lowest BCUT2D eigenvalue weighted by Gasteiger charge is -2.15. The zero-order valence-electron chi connectivity index (χ0n) is 15.3. The second-order valence-electron chi connectivity index (χ2n) is 6.86. The molecule has 0 heterocycles. The molecule has 0 unspecified atom stereocenters. The van der Waals surface area contributed by atoms with Gasteiger partial charge in [-0.1, -0.05) is 42.6 Å². The molecule has 1 aliphatic carbocycles. The number of rotatable bonds is 6. The molecule has 0 radical (unpaired) electrons. The van der Waals surface area contributed by atoms with Crippen molar-refractivity contribution in [1.82, 2.24) is 5.32 Å². The predicted octanol–water partition coefficient (Wildman–Crippen LogP) is 4.37. The van der Waals surface area contributed by atoms with Gasteiger partial charge in [-0.15, -0.1) is 0 Å². The molecule has 0 aliphatic heterocycles. The van der Waals surface area contributed by atoms with Crippen molar-refractivity contribution in [2.24, 2.45) is 0 Å². The Morgan fingerprint density at radius 1 is 1.07 bits per heavy atom. The standard InChI is InChI=1S/C21H24ClN3O2/c1-14-10-11-15(22)12-19(14)23-13-20(26)25-18-9-5-4-8-17(18)21(27)24-16-6-2-3-7-16/h4-5,8-12,16,23H,2-3,6-7,13H2,1H3,(H,24,27)(H,25,26). The van der Waals surface area contributed by atoms with Gasteiger partial charge in [0.1, 0.15) is 0 Å². The topological polar surface area (TPSA) is 70.2 Å². The van der Waals surface area contributed by atoms with Crippen LogP contribution in [0.4, 0.5) is 11.4 Å². The minimum absolute atomic E-state index is 0.0831. The van der Waals surface area contributed by atoms with E-state index in [4.69, 9.17) is 11.6 Å². The predicted molar refractivity (Wildman–Crippen MR) is 109 cm³/mol. The van der Waals surface area contributed by atoms with E-state index in [1.54, 1.807) is 36.4 Å². The van der Waals surface area contributed by atoms with Crippen LogP contribution in [0.1, 0.15) is 41.6 Å². The zero-order valence-corrected chi connectivity index (χ0v) is 16.1. The van der Waals surface area contributed by atoms with Crippen molar-refractivity contribution in [3.63, 3.8) is 0 Å². The van der Waals surface area contributed by atoms with Crippen LogP contribution in [-0.4, -0.2) is 24.4 Å². The highest BCUT2D eigenvalue weighted by atomic mass is 35.5. The van der Waals surface area contributed by atoms with Gasteiger partial charge in [0.15, 0.2) is 0 Å². The highest BCUT2D eigenvalue weighted by Gasteiger charge is 2.20. The van der Waals surface area contributed by atoms with Crippen LogP contribution in [0.2, 0.25) is 5.02 Å². The summed E-state index contributed by atoms with van der Waals surface area (Å²) in [5, 5.41) is 9.58. The Morgan fingerprint density at radius 3 is 2.59 bits per heavy atom. The molecule has 27 heavy (non-hydrogen) atoms. The van der Waals surface area contributed by atoms with E-state index in [9.17, 15) is 9.59 Å². The molecule has 3 rings (SSSR count). The van der Waals surface area contributed by atoms with E-state index < -0.39 is 0 Å². The molecule has 1 saturated carbocycles. The van der Waals surface area contributed by atoms with Crippen LogP contribution >= 0.6 is 11.6 Å². The third kappa shape index (κ3) is 5.23. The van der Waals surface area contributed by atoms with Gasteiger partial charge in [0.05, 0.1) is 17.8 Å². The van der Waals surface area contributed by atoms with Gasteiger partial charge in [0, 0.05) is 16.8 Å². The van der Waals surface area contributed by atoms with E-state index >= 15 is 0 Å². The van der Waals surface area contributed by atoms with Crippen LogP contribution in [0, 0.1) is 6.92 Å². The second kappa shape index (κ2) is 8.91. The summed E-state index contributed by atoms with van der Waals surface area (Å²) in [6.45, 7) is 2.03. The first-order valence-corrected chi connectivity index (χ1v) is 9.60. The van der Waals surface area contributed by atoms with E-state index in [0.717, 1.165) is 36.9 Å². The first-order valence-electron chi connectivity index (χ1n) is 9.22. The minimum Gasteiger partial charge on any atom is -0.376 e. The maximum atomic E-state index is 12.6. The molecule has 1 fully saturated rings. The van der Waals surface area contributed by atoms with Gasteiger partial charge in [-0.3, -0.25) is 9.59 Å². The summed E-state index contributed by atoms with van der Waals surface area (Å²) in [4.78, 5) is 24.9. The molecule has 0 bridgehead atoms. The number of aryl methyl sites for hydroxylation is 1. The van der Waals surface area contributed by atoms with Crippen LogP contribution in [-0.2, 0) is 4.79 Å². The molecule has 2 aromatic rings. The number of nitrogens with one attached hydrogen (secondary N) is 3. The third-order valence-corrected chi connectivity index (χ3v) is 5.01. The molecule has 2 amide bonds. The lowest BCUT2D eigenvalue weighted by Crippen LogP contribution is -2.33. The van der Waals surface area contributed by atoms with E-state index in [1.807, 2.05) is 13.0 Å². The Labute approximate surface area is 164 Å². The molecule has 5 nitrogen and oxygen atoms in total. The van der Waals surface area contributed by atoms with Crippen molar-refractivity contribution < 1.29 is 9.59 Å². The summed E-state index contributed by atoms with van der Waals surface area (Å²) >= 11 is 6.00. The lowest BCUT2D eigenvalue weighted by atomic mass is 10.1. The average Bonchev–Trinajstić information content (AvgIpc) is 3.16. The molecule has 0 spiro atoms. The molecule has 0 atom stereocenters. The number of para-hydroxylation sites is 1. The first-order chi connectivity index (χ1) is 13.0. The van der Waals surface area contributed by atoms with Crippen LogP contribution in [0.5, 0.6) is 0 Å². The van der Waals surface area contributed by atoms with Gasteiger partial charge in [-0.05, 0) is 49.6 Å². The number of halogens is 1. The fourth-order valence-electron chi connectivity index (χ4n) is 3.28. The number of anilines is 2. The largest absolute Gasteiger partial charge is 0.376 e. The van der Waals surface area contributed by atoms with Gasteiger partial charge < -0.3 is 16.0 Å². The number of benzene rings is 2. The molecule has 3 N–H and O–H groups in total. The number of carbonyl (C=O) groups excluding carboxylic acids is 2. The maximum Gasteiger partial charge on any atom is 0.253 e. The number of hydrogen-bond donors (Lipinski definition) is 3. The zero-order chi connectivity index (χ0) is 19.2. The summed E-state index contributed by atoms with van der Waals surface area (Å²) in [6, 6.07) is 12.8. The summed E-state index contributed by atoms with van der Waals surface area (Å²) in [5.74, 6) is -0.369. The minimum atomic E-state index is -0.226. The molecule has 0 saturated heterocycles. The van der Waals surface area contributed by atoms with Crippen molar-refractivity contribution >= 4 is 34.8 Å². The lowest BCUT2D eigenvalue weighted by molar-refractivity contribution is -0.114. The van der Waals surface area contributed by atoms with Crippen molar-refractivity contribution in [3.8, 4) is 0 Å². The molecule has 1 aliphatic rings. The fourth-order valence-corrected chi connectivity index (χ4v) is 3.45. The van der Waals surface area contributed by atoms with Gasteiger partial charge in [-0.25, -0.2) is 0 Å². The van der Waals surface area contributed by atoms with Crippen LogP contribution in [0.3, 0.4) is 0 Å². The number of hydrogen-bond acceptors (Lipinski definition) is 3. The molecule has 142 valence electrons. The van der Waals surface area contributed by atoms with Crippen molar-refractivity contribution in [3.05, 3.63) is 58.6 Å². The second-order valence-corrected chi connectivity index (χ2v) is 7.30. The van der Waals surface area contributed by atoms with E-state index in [0.29, 0.717) is 16.3 Å². The monoisotopic (exact) mass is 385 g/mol.